The fourth-order valence-electron chi connectivity index (χ4n) is 4.09. The standard InChI is InChI=1S/C21H25FN8O/c1-14-11-28(7-5-23-14)21-26-10-17(22)19(27-21)29-12-15(13-29)20(31)25-9-16-8-24-18-4-2-3-6-30(16)18/h2-4,6,8,10,14-15,23H,5,7,9,11-13H2,1H3,(H,25,31)/t14-/m0/s1. The van der Waals surface area contributed by atoms with E-state index in [1.54, 1.807) is 11.1 Å². The van der Waals surface area contributed by atoms with Crippen LogP contribution in [0.3, 0.4) is 0 Å². The minimum Gasteiger partial charge on any atom is -0.352 e. The number of halogens is 1. The summed E-state index contributed by atoms with van der Waals surface area (Å²) in [6.45, 7) is 5.77. The molecule has 5 heterocycles. The van der Waals surface area contributed by atoms with Crippen molar-refractivity contribution in [3.63, 3.8) is 0 Å². The minimum absolute atomic E-state index is 0.0484. The molecule has 0 radical (unpaired) electrons. The Morgan fingerprint density at radius 1 is 1.23 bits per heavy atom. The molecule has 2 fully saturated rings. The van der Waals surface area contributed by atoms with Crippen molar-refractivity contribution in [1.29, 1.82) is 0 Å². The van der Waals surface area contributed by atoms with Crippen LogP contribution in [0.25, 0.3) is 5.65 Å². The SMILES string of the molecule is C[C@H]1CN(c2ncc(F)c(N3CC(C(=O)NCc4cnc5ccccn45)C3)n2)CCN1. The Balaban J connectivity index is 1.19. The van der Waals surface area contributed by atoms with Gasteiger partial charge in [0.1, 0.15) is 5.65 Å². The number of rotatable bonds is 5. The zero-order valence-electron chi connectivity index (χ0n) is 17.3. The Hall–Kier alpha value is -3.27. The van der Waals surface area contributed by atoms with Crippen LogP contribution in [-0.2, 0) is 11.3 Å². The molecule has 162 valence electrons. The van der Waals surface area contributed by atoms with Crippen molar-refractivity contribution in [1.82, 2.24) is 30.0 Å². The Morgan fingerprint density at radius 3 is 2.94 bits per heavy atom. The van der Waals surface area contributed by atoms with Gasteiger partial charge in [0.05, 0.1) is 30.6 Å². The van der Waals surface area contributed by atoms with Crippen LogP contribution in [-0.4, -0.2) is 64.0 Å². The lowest BCUT2D eigenvalue weighted by Gasteiger charge is -2.39. The molecular formula is C21H25FN8O. The van der Waals surface area contributed by atoms with Crippen molar-refractivity contribution >= 4 is 23.3 Å². The second kappa shape index (κ2) is 8.10. The summed E-state index contributed by atoms with van der Waals surface area (Å²) in [5.41, 5.74) is 1.76. The molecule has 0 spiro atoms. The van der Waals surface area contributed by atoms with E-state index in [4.69, 9.17) is 0 Å². The molecule has 0 aromatic carbocycles. The number of carbonyl (C=O) groups excluding carboxylic acids is 1. The van der Waals surface area contributed by atoms with Crippen LogP contribution in [0.5, 0.6) is 0 Å². The van der Waals surface area contributed by atoms with E-state index in [2.05, 4.69) is 37.4 Å². The molecule has 0 bridgehead atoms. The molecule has 0 aliphatic carbocycles. The summed E-state index contributed by atoms with van der Waals surface area (Å²) >= 11 is 0. The van der Waals surface area contributed by atoms with Gasteiger partial charge in [0.2, 0.25) is 11.9 Å². The highest BCUT2D eigenvalue weighted by Gasteiger charge is 2.35. The molecule has 31 heavy (non-hydrogen) atoms. The van der Waals surface area contributed by atoms with Crippen molar-refractivity contribution in [2.45, 2.75) is 19.5 Å². The highest BCUT2D eigenvalue weighted by Crippen LogP contribution is 2.27. The van der Waals surface area contributed by atoms with Crippen molar-refractivity contribution in [3.8, 4) is 0 Å². The highest BCUT2D eigenvalue weighted by atomic mass is 19.1. The third kappa shape index (κ3) is 3.90. The summed E-state index contributed by atoms with van der Waals surface area (Å²) in [5.74, 6) is 0.0905. The number of hydrogen-bond donors (Lipinski definition) is 2. The molecule has 0 unspecified atom stereocenters. The van der Waals surface area contributed by atoms with Crippen LogP contribution in [0.2, 0.25) is 0 Å². The Labute approximate surface area is 179 Å². The third-order valence-corrected chi connectivity index (χ3v) is 5.85. The number of imidazole rings is 1. The Bertz CT molecular complexity index is 1100. The second-order valence-corrected chi connectivity index (χ2v) is 8.14. The molecule has 3 aromatic heterocycles. The summed E-state index contributed by atoms with van der Waals surface area (Å²) in [6.07, 6.45) is 4.91. The molecule has 10 heteroatoms. The van der Waals surface area contributed by atoms with E-state index in [0.717, 1.165) is 31.0 Å². The van der Waals surface area contributed by atoms with Gasteiger partial charge in [-0.3, -0.25) is 4.79 Å². The summed E-state index contributed by atoms with van der Waals surface area (Å²) in [7, 11) is 0. The minimum atomic E-state index is -0.462. The zero-order valence-corrected chi connectivity index (χ0v) is 17.3. The second-order valence-electron chi connectivity index (χ2n) is 8.14. The maximum atomic E-state index is 14.4. The molecule has 1 atom stereocenters. The van der Waals surface area contributed by atoms with Gasteiger partial charge in [0.15, 0.2) is 11.6 Å². The van der Waals surface area contributed by atoms with E-state index in [-0.39, 0.29) is 17.6 Å². The van der Waals surface area contributed by atoms with Crippen molar-refractivity contribution in [2.75, 3.05) is 42.5 Å². The first-order valence-corrected chi connectivity index (χ1v) is 10.5. The quantitative estimate of drug-likeness (QED) is 0.627. The first-order chi connectivity index (χ1) is 15.1. The van der Waals surface area contributed by atoms with Crippen molar-refractivity contribution in [3.05, 3.63) is 48.3 Å². The maximum absolute atomic E-state index is 14.4. The first kappa shape index (κ1) is 19.7. The largest absolute Gasteiger partial charge is 0.352 e. The average Bonchev–Trinajstić information content (AvgIpc) is 3.16. The lowest BCUT2D eigenvalue weighted by Crippen LogP contribution is -2.54. The predicted molar refractivity (Wildman–Crippen MR) is 114 cm³/mol. The van der Waals surface area contributed by atoms with Crippen LogP contribution >= 0.6 is 0 Å². The van der Waals surface area contributed by atoms with Crippen LogP contribution in [0.15, 0.2) is 36.8 Å². The van der Waals surface area contributed by atoms with Crippen LogP contribution in [0.1, 0.15) is 12.6 Å². The molecule has 5 rings (SSSR count). The molecule has 2 N–H and O–H groups in total. The third-order valence-electron chi connectivity index (χ3n) is 5.85. The highest BCUT2D eigenvalue weighted by molar-refractivity contribution is 5.81. The smallest absolute Gasteiger partial charge is 0.227 e. The van der Waals surface area contributed by atoms with Gasteiger partial charge in [-0.25, -0.2) is 14.4 Å². The maximum Gasteiger partial charge on any atom is 0.227 e. The van der Waals surface area contributed by atoms with Gasteiger partial charge in [-0.2, -0.15) is 4.98 Å². The first-order valence-electron chi connectivity index (χ1n) is 10.5. The van der Waals surface area contributed by atoms with Gasteiger partial charge >= 0.3 is 0 Å². The molecule has 2 saturated heterocycles. The number of anilines is 2. The number of amides is 1. The summed E-state index contributed by atoms with van der Waals surface area (Å²) < 4.78 is 16.3. The normalized spacial score (nSPS) is 19.5. The van der Waals surface area contributed by atoms with E-state index < -0.39 is 5.82 Å². The molecule has 2 aliphatic heterocycles. The lowest BCUT2D eigenvalue weighted by atomic mass is 9.99. The van der Waals surface area contributed by atoms with Crippen molar-refractivity contribution in [2.24, 2.45) is 5.92 Å². The number of fused-ring (bicyclic) bond motifs is 1. The van der Waals surface area contributed by atoms with Gasteiger partial charge < -0.3 is 24.8 Å². The van der Waals surface area contributed by atoms with Crippen LogP contribution in [0, 0.1) is 11.7 Å². The van der Waals surface area contributed by atoms with E-state index >= 15 is 0 Å². The van der Waals surface area contributed by atoms with E-state index in [1.807, 2.05) is 28.8 Å². The van der Waals surface area contributed by atoms with E-state index in [0.29, 0.717) is 31.6 Å². The fourth-order valence-corrected chi connectivity index (χ4v) is 4.09. The van der Waals surface area contributed by atoms with Gasteiger partial charge in [-0.15, -0.1) is 0 Å². The molecular weight excluding hydrogens is 399 g/mol. The topological polar surface area (TPSA) is 90.7 Å². The molecule has 3 aromatic rings. The van der Waals surface area contributed by atoms with Gasteiger partial charge in [0, 0.05) is 45.0 Å². The van der Waals surface area contributed by atoms with E-state index in [9.17, 15) is 9.18 Å². The zero-order chi connectivity index (χ0) is 21.4. The number of nitrogens with zero attached hydrogens (tertiary/aromatic N) is 6. The molecule has 1 amide bonds. The monoisotopic (exact) mass is 424 g/mol. The van der Waals surface area contributed by atoms with E-state index in [1.165, 1.54) is 6.20 Å². The number of hydrogen-bond acceptors (Lipinski definition) is 7. The molecule has 2 aliphatic rings. The van der Waals surface area contributed by atoms with Crippen LogP contribution < -0.4 is 20.4 Å². The average molecular weight is 424 g/mol. The number of nitrogens with one attached hydrogen (secondary N) is 2. The van der Waals surface area contributed by atoms with Crippen LogP contribution in [0.4, 0.5) is 16.2 Å². The molecule has 9 nitrogen and oxygen atoms in total. The predicted octanol–water partition coefficient (Wildman–Crippen LogP) is 0.814. The fraction of sp³-hybridized carbons (Fsp3) is 0.429. The number of carbonyl (C=O) groups is 1. The number of pyridine rings is 1. The summed E-state index contributed by atoms with van der Waals surface area (Å²) in [5, 5.41) is 6.34. The summed E-state index contributed by atoms with van der Waals surface area (Å²) in [6, 6.07) is 6.10. The lowest BCUT2D eigenvalue weighted by molar-refractivity contribution is -0.125. The van der Waals surface area contributed by atoms with Gasteiger partial charge in [0.25, 0.3) is 0 Å². The summed E-state index contributed by atoms with van der Waals surface area (Å²) in [4.78, 5) is 29.4. The Morgan fingerprint density at radius 2 is 2.10 bits per heavy atom. The molecule has 0 saturated carbocycles. The Kier molecular flexibility index (Phi) is 5.14. The number of piperazine rings is 1. The van der Waals surface area contributed by atoms with Gasteiger partial charge in [-0.05, 0) is 19.1 Å². The number of aromatic nitrogens is 4. The van der Waals surface area contributed by atoms with Gasteiger partial charge in [-0.1, -0.05) is 6.07 Å². The van der Waals surface area contributed by atoms with Crippen molar-refractivity contribution < 1.29 is 9.18 Å².